The number of nitrogens with zero attached hydrogens (tertiary/aromatic N) is 2. The van der Waals surface area contributed by atoms with E-state index in [4.69, 9.17) is 0 Å². The molecule has 1 N–H and O–H groups in total. The van der Waals surface area contributed by atoms with Crippen LogP contribution in [0.5, 0.6) is 0 Å². The summed E-state index contributed by atoms with van der Waals surface area (Å²) < 4.78 is 27.3. The first kappa shape index (κ1) is 20.1. The van der Waals surface area contributed by atoms with E-state index in [0.717, 1.165) is 5.56 Å². The molecule has 1 amide bonds. The lowest BCUT2D eigenvalue weighted by molar-refractivity contribution is 0.0796. The first-order valence-electron chi connectivity index (χ1n) is 8.53. The molecule has 1 heterocycles. The number of aromatic nitrogens is 1. The lowest BCUT2D eigenvalue weighted by Gasteiger charge is -2.18. The van der Waals surface area contributed by atoms with Crippen molar-refractivity contribution in [3.8, 4) is 0 Å². The Hall–Kier alpha value is -2.25. The molecule has 0 aliphatic carbocycles. The van der Waals surface area contributed by atoms with E-state index in [-0.39, 0.29) is 16.7 Å². The van der Waals surface area contributed by atoms with Gasteiger partial charge in [0.05, 0.1) is 4.90 Å². The van der Waals surface area contributed by atoms with Gasteiger partial charge in [0.2, 0.25) is 10.0 Å². The smallest absolute Gasteiger partial charge is 0.253 e. The number of amides is 1. The lowest BCUT2D eigenvalue weighted by atomic mass is 10.1. The Morgan fingerprint density at radius 3 is 2.54 bits per heavy atom. The predicted octanol–water partition coefficient (Wildman–Crippen LogP) is 2.33. The number of sulfonamides is 1. The summed E-state index contributed by atoms with van der Waals surface area (Å²) in [5.74, 6) is -0.00567. The zero-order chi connectivity index (χ0) is 19.2. The molecule has 26 heavy (non-hydrogen) atoms. The summed E-state index contributed by atoms with van der Waals surface area (Å²) in [5, 5.41) is 0. The summed E-state index contributed by atoms with van der Waals surface area (Å²) in [5.41, 5.74) is 1.45. The van der Waals surface area contributed by atoms with Crippen molar-refractivity contribution in [1.82, 2.24) is 14.6 Å². The van der Waals surface area contributed by atoms with Crippen molar-refractivity contribution >= 4 is 15.9 Å². The van der Waals surface area contributed by atoms with E-state index in [1.807, 2.05) is 26.0 Å². The number of carbonyl (C=O) groups excluding carboxylic acids is 1. The lowest BCUT2D eigenvalue weighted by Crippen LogP contribution is -2.30. The van der Waals surface area contributed by atoms with Crippen LogP contribution in [0.3, 0.4) is 0 Å². The molecule has 2 aromatic rings. The maximum absolute atomic E-state index is 12.6. The Morgan fingerprint density at radius 2 is 1.88 bits per heavy atom. The van der Waals surface area contributed by atoms with Crippen LogP contribution >= 0.6 is 0 Å². The zero-order valence-corrected chi connectivity index (χ0v) is 16.2. The minimum atomic E-state index is -3.62. The Kier molecular flexibility index (Phi) is 6.88. The summed E-state index contributed by atoms with van der Waals surface area (Å²) in [6.07, 6.45) is 4.14. The van der Waals surface area contributed by atoms with Gasteiger partial charge in [0.25, 0.3) is 5.91 Å². The number of pyridine rings is 1. The fraction of sp³-hybridized carbons (Fsp3) is 0.368. The fourth-order valence-corrected chi connectivity index (χ4v) is 3.58. The second-order valence-corrected chi connectivity index (χ2v) is 8.37. The van der Waals surface area contributed by atoms with E-state index in [0.29, 0.717) is 25.1 Å². The van der Waals surface area contributed by atoms with Crippen molar-refractivity contribution in [3.63, 3.8) is 0 Å². The van der Waals surface area contributed by atoms with E-state index in [2.05, 4.69) is 9.71 Å². The number of carbonyl (C=O) groups is 1. The normalized spacial score (nSPS) is 11.5. The van der Waals surface area contributed by atoms with Gasteiger partial charge in [-0.25, -0.2) is 13.1 Å². The van der Waals surface area contributed by atoms with Gasteiger partial charge in [0.1, 0.15) is 0 Å². The van der Waals surface area contributed by atoms with Crippen molar-refractivity contribution in [3.05, 3.63) is 59.9 Å². The average Bonchev–Trinajstić information content (AvgIpc) is 2.65. The summed E-state index contributed by atoms with van der Waals surface area (Å²) in [7, 11) is -1.91. The van der Waals surface area contributed by atoms with E-state index >= 15 is 0 Å². The van der Waals surface area contributed by atoms with Crippen LogP contribution in [0.4, 0.5) is 0 Å². The highest BCUT2D eigenvalue weighted by Gasteiger charge is 2.18. The molecule has 1 aromatic heterocycles. The van der Waals surface area contributed by atoms with Crippen LogP contribution in [0, 0.1) is 5.92 Å². The Morgan fingerprint density at radius 1 is 1.19 bits per heavy atom. The molecule has 0 bridgehead atoms. The molecule has 0 saturated heterocycles. The van der Waals surface area contributed by atoms with Crippen LogP contribution in [0.2, 0.25) is 0 Å². The Labute approximate surface area is 155 Å². The van der Waals surface area contributed by atoms with Crippen molar-refractivity contribution in [1.29, 1.82) is 0 Å². The van der Waals surface area contributed by atoms with Gasteiger partial charge >= 0.3 is 0 Å². The van der Waals surface area contributed by atoms with Gasteiger partial charge in [-0.2, -0.15) is 0 Å². The molecular weight excluding hydrogens is 350 g/mol. The van der Waals surface area contributed by atoms with Crippen molar-refractivity contribution in [2.45, 2.75) is 25.2 Å². The van der Waals surface area contributed by atoms with Crippen LogP contribution in [-0.4, -0.2) is 44.3 Å². The van der Waals surface area contributed by atoms with Gasteiger partial charge < -0.3 is 4.90 Å². The molecule has 2 rings (SSSR count). The Balaban J connectivity index is 2.07. The number of nitrogens with one attached hydrogen (secondary N) is 1. The molecule has 0 aliphatic heterocycles. The molecule has 0 saturated carbocycles. The average molecular weight is 375 g/mol. The zero-order valence-electron chi connectivity index (χ0n) is 15.3. The van der Waals surface area contributed by atoms with Crippen LogP contribution in [0.15, 0.2) is 53.7 Å². The highest BCUT2D eigenvalue weighted by Crippen LogP contribution is 2.14. The predicted molar refractivity (Wildman–Crippen MR) is 101 cm³/mol. The minimum absolute atomic E-state index is 0.103. The number of benzene rings is 1. The molecule has 7 heteroatoms. The maximum Gasteiger partial charge on any atom is 0.253 e. The molecule has 0 radical (unpaired) electrons. The van der Waals surface area contributed by atoms with Crippen LogP contribution in [0.1, 0.15) is 29.8 Å². The van der Waals surface area contributed by atoms with Gasteiger partial charge in [0, 0.05) is 38.1 Å². The third kappa shape index (κ3) is 5.64. The van der Waals surface area contributed by atoms with E-state index in [9.17, 15) is 13.2 Å². The monoisotopic (exact) mass is 375 g/mol. The first-order chi connectivity index (χ1) is 12.3. The second-order valence-electron chi connectivity index (χ2n) is 6.61. The molecular formula is C19H25N3O3S. The number of rotatable bonds is 8. The maximum atomic E-state index is 12.6. The van der Waals surface area contributed by atoms with E-state index in [1.165, 1.54) is 12.1 Å². The highest BCUT2D eigenvalue weighted by molar-refractivity contribution is 7.89. The van der Waals surface area contributed by atoms with Crippen molar-refractivity contribution in [2.75, 3.05) is 20.1 Å². The highest BCUT2D eigenvalue weighted by atomic mass is 32.2. The van der Waals surface area contributed by atoms with E-state index in [1.54, 1.807) is 36.5 Å². The number of hydrogen-bond acceptors (Lipinski definition) is 4. The van der Waals surface area contributed by atoms with E-state index < -0.39 is 10.0 Å². The molecule has 140 valence electrons. The fourth-order valence-electron chi connectivity index (χ4n) is 2.32. The topological polar surface area (TPSA) is 79.4 Å². The SMILES string of the molecule is CC(C)CNS(=O)(=O)c1cccc(C(=O)N(C)CCc2ccncc2)c1. The molecule has 0 aliphatic rings. The second kappa shape index (κ2) is 8.91. The summed E-state index contributed by atoms with van der Waals surface area (Å²) >= 11 is 0. The largest absolute Gasteiger partial charge is 0.341 e. The third-order valence-corrected chi connectivity index (χ3v) is 5.33. The first-order valence-corrected chi connectivity index (χ1v) is 10.0. The molecule has 6 nitrogen and oxygen atoms in total. The summed E-state index contributed by atoms with van der Waals surface area (Å²) in [6.45, 7) is 4.75. The van der Waals surface area contributed by atoms with Gasteiger partial charge in [-0.3, -0.25) is 9.78 Å². The van der Waals surface area contributed by atoms with Crippen molar-refractivity contribution < 1.29 is 13.2 Å². The molecule has 0 unspecified atom stereocenters. The molecule has 0 atom stereocenters. The minimum Gasteiger partial charge on any atom is -0.341 e. The quantitative estimate of drug-likeness (QED) is 0.768. The Bertz CT molecular complexity index is 836. The summed E-state index contributed by atoms with van der Waals surface area (Å²) in [4.78, 5) is 18.3. The molecule has 1 aromatic carbocycles. The standard InChI is InChI=1S/C19H25N3O3S/c1-15(2)14-21-26(24,25)18-6-4-5-17(13-18)19(23)22(3)12-9-16-7-10-20-11-8-16/h4-8,10-11,13,15,21H,9,12,14H2,1-3H3. The van der Waals surface area contributed by atoms with Gasteiger partial charge in [-0.05, 0) is 48.2 Å². The van der Waals surface area contributed by atoms with Gasteiger partial charge in [-0.15, -0.1) is 0 Å². The van der Waals surface area contributed by atoms with Crippen LogP contribution in [-0.2, 0) is 16.4 Å². The third-order valence-electron chi connectivity index (χ3n) is 3.90. The molecule has 0 fully saturated rings. The van der Waals surface area contributed by atoms with Crippen molar-refractivity contribution in [2.24, 2.45) is 5.92 Å². The van der Waals surface area contributed by atoms with Gasteiger partial charge in [0.15, 0.2) is 0 Å². The number of likely N-dealkylation sites (N-methyl/N-ethyl adjacent to an activating group) is 1. The van der Waals surface area contributed by atoms with Crippen LogP contribution in [0.25, 0.3) is 0 Å². The summed E-state index contributed by atoms with van der Waals surface area (Å²) in [6, 6.07) is 9.96. The van der Waals surface area contributed by atoms with Gasteiger partial charge in [-0.1, -0.05) is 19.9 Å². The number of hydrogen-bond donors (Lipinski definition) is 1. The van der Waals surface area contributed by atoms with Crippen LogP contribution < -0.4 is 4.72 Å². The molecule has 0 spiro atoms.